The average Bonchev–Trinajstić information content (AvgIpc) is 3.26. The van der Waals surface area contributed by atoms with Gasteiger partial charge in [0.25, 0.3) is 0 Å². The van der Waals surface area contributed by atoms with Crippen molar-refractivity contribution in [3.05, 3.63) is 64.9 Å². The average molecular weight is 453 g/mol. The number of aromatic nitrogens is 4. The number of nitrogens with one attached hydrogen (secondary N) is 1. The van der Waals surface area contributed by atoms with E-state index in [2.05, 4.69) is 76.0 Å². The van der Waals surface area contributed by atoms with Crippen LogP contribution in [0.2, 0.25) is 0 Å². The zero-order valence-electron chi connectivity index (χ0n) is 20.3. The number of hydrogen-bond acceptors (Lipinski definition) is 3. The van der Waals surface area contributed by atoms with Crippen LogP contribution in [-0.2, 0) is 0 Å². The Bertz CT molecular complexity index is 1410. The van der Waals surface area contributed by atoms with Crippen molar-refractivity contribution in [3.8, 4) is 11.3 Å². The maximum Gasteiger partial charge on any atom is 0.245 e. The monoisotopic (exact) mass is 452 g/mol. The molecule has 6 nitrogen and oxygen atoms in total. The third kappa shape index (κ3) is 3.59. The first kappa shape index (κ1) is 21.4. The minimum atomic E-state index is -0.0486. The Balaban J connectivity index is 1.31. The summed E-state index contributed by atoms with van der Waals surface area (Å²) in [6, 6.07) is 9.24. The fourth-order valence-corrected chi connectivity index (χ4v) is 5.83. The Labute approximate surface area is 200 Å². The van der Waals surface area contributed by atoms with Crippen LogP contribution in [0.25, 0.3) is 32.7 Å². The van der Waals surface area contributed by atoms with Crippen molar-refractivity contribution in [3.63, 3.8) is 0 Å². The van der Waals surface area contributed by atoms with Gasteiger partial charge in [-0.25, -0.2) is 16.1 Å². The molecule has 0 amide bonds. The molecule has 0 bridgehead atoms. The van der Waals surface area contributed by atoms with E-state index in [1.807, 2.05) is 4.52 Å². The molecule has 1 saturated heterocycles. The summed E-state index contributed by atoms with van der Waals surface area (Å²) in [5, 5.41) is 5.72. The highest BCUT2D eigenvalue weighted by Crippen LogP contribution is 2.42. The van der Waals surface area contributed by atoms with Crippen molar-refractivity contribution < 1.29 is 0 Å². The zero-order valence-corrected chi connectivity index (χ0v) is 20.3. The SMILES string of the molecule is [C-]#[N+]C1(CN2CCC(c3ccc4[nH]c(-c5cc(C)c6ncnn6c5)c(C(C)C)c4c3)CC2)CC1. The van der Waals surface area contributed by atoms with Crippen molar-refractivity contribution in [1.29, 1.82) is 0 Å². The quantitative estimate of drug-likeness (QED) is 0.381. The molecular formula is C28H32N6. The molecule has 1 aliphatic heterocycles. The summed E-state index contributed by atoms with van der Waals surface area (Å²) in [5.41, 5.74) is 8.35. The highest BCUT2D eigenvalue weighted by molar-refractivity contribution is 5.92. The number of aromatic amines is 1. The van der Waals surface area contributed by atoms with E-state index in [9.17, 15) is 0 Å². The number of pyridine rings is 1. The maximum absolute atomic E-state index is 7.49. The summed E-state index contributed by atoms with van der Waals surface area (Å²) in [6.07, 6.45) is 8.23. The van der Waals surface area contributed by atoms with E-state index < -0.39 is 0 Å². The molecule has 2 aliphatic rings. The number of likely N-dealkylation sites (tertiary alicyclic amines) is 1. The second-order valence-corrected chi connectivity index (χ2v) is 10.7. The molecule has 1 aromatic carbocycles. The van der Waals surface area contributed by atoms with Gasteiger partial charge >= 0.3 is 0 Å². The summed E-state index contributed by atoms with van der Waals surface area (Å²) in [5.74, 6) is 0.992. The van der Waals surface area contributed by atoms with E-state index in [0.717, 1.165) is 49.2 Å². The molecule has 1 N–H and O–H groups in total. The molecule has 1 aliphatic carbocycles. The molecule has 0 radical (unpaired) electrons. The molecule has 4 aromatic rings. The highest BCUT2D eigenvalue weighted by Gasteiger charge is 2.52. The standard InChI is InChI=1S/C28H32N6/c1-18(2)25-23-14-21(20-7-11-33(12-8-20)16-28(29-4)9-10-28)5-6-24(23)32-26(25)22-13-19(3)27-30-17-31-34(27)15-22/h5-6,13-15,17-18,20,32H,7-12,16H2,1-3H3. The molecule has 6 heteroatoms. The summed E-state index contributed by atoms with van der Waals surface area (Å²) in [7, 11) is 0. The highest BCUT2D eigenvalue weighted by atomic mass is 15.3. The topological polar surface area (TPSA) is 53.6 Å². The Hall–Kier alpha value is -3.17. The van der Waals surface area contributed by atoms with E-state index in [-0.39, 0.29) is 5.54 Å². The van der Waals surface area contributed by atoms with Gasteiger partial charge in [-0.15, -0.1) is 0 Å². The van der Waals surface area contributed by atoms with Gasteiger partial charge in [0.2, 0.25) is 5.54 Å². The van der Waals surface area contributed by atoms with Gasteiger partial charge < -0.3 is 9.83 Å². The van der Waals surface area contributed by atoms with Gasteiger partial charge in [0.15, 0.2) is 5.65 Å². The van der Waals surface area contributed by atoms with E-state index in [1.165, 1.54) is 40.6 Å². The van der Waals surface area contributed by atoms with Gasteiger partial charge in [-0.2, -0.15) is 5.10 Å². The van der Waals surface area contributed by atoms with Crippen LogP contribution < -0.4 is 0 Å². The summed E-state index contributed by atoms with van der Waals surface area (Å²) >= 11 is 0. The van der Waals surface area contributed by atoms with Crippen molar-refractivity contribution in [2.24, 2.45) is 0 Å². The lowest BCUT2D eigenvalue weighted by molar-refractivity contribution is 0.203. The normalized spacial score (nSPS) is 18.7. The summed E-state index contributed by atoms with van der Waals surface area (Å²) in [6.45, 7) is 17.3. The number of hydrogen-bond donors (Lipinski definition) is 1. The number of fused-ring (bicyclic) bond motifs is 2. The van der Waals surface area contributed by atoms with Gasteiger partial charge in [0.1, 0.15) is 6.33 Å². The Morgan fingerprint density at radius 2 is 2.00 bits per heavy atom. The molecule has 3 aromatic heterocycles. The van der Waals surface area contributed by atoms with Crippen LogP contribution in [0, 0.1) is 13.5 Å². The molecule has 34 heavy (non-hydrogen) atoms. The first-order valence-corrected chi connectivity index (χ1v) is 12.5. The molecule has 174 valence electrons. The molecule has 0 unspecified atom stereocenters. The van der Waals surface area contributed by atoms with Gasteiger partial charge in [-0.3, -0.25) is 4.90 Å². The van der Waals surface area contributed by atoms with Crippen LogP contribution in [-0.4, -0.2) is 49.7 Å². The minimum Gasteiger partial charge on any atom is -0.354 e. The van der Waals surface area contributed by atoms with Crippen LogP contribution in [0.4, 0.5) is 0 Å². The van der Waals surface area contributed by atoms with E-state index >= 15 is 0 Å². The molecule has 2 fully saturated rings. The lowest BCUT2D eigenvalue weighted by Gasteiger charge is -2.32. The minimum absolute atomic E-state index is 0.0486. The number of piperidine rings is 1. The number of benzene rings is 1. The molecule has 4 heterocycles. The molecule has 6 rings (SSSR count). The third-order valence-electron chi connectivity index (χ3n) is 7.93. The van der Waals surface area contributed by atoms with Crippen LogP contribution >= 0.6 is 0 Å². The Morgan fingerprint density at radius 3 is 2.71 bits per heavy atom. The molecule has 0 spiro atoms. The van der Waals surface area contributed by atoms with Crippen molar-refractivity contribution >= 4 is 16.6 Å². The molecular weight excluding hydrogens is 420 g/mol. The van der Waals surface area contributed by atoms with Gasteiger partial charge in [-0.1, -0.05) is 19.9 Å². The predicted molar refractivity (Wildman–Crippen MR) is 136 cm³/mol. The van der Waals surface area contributed by atoms with Crippen molar-refractivity contribution in [1.82, 2.24) is 24.5 Å². The van der Waals surface area contributed by atoms with Crippen LogP contribution in [0.1, 0.15) is 68.1 Å². The molecule has 1 saturated carbocycles. The second-order valence-electron chi connectivity index (χ2n) is 10.7. The largest absolute Gasteiger partial charge is 0.354 e. The van der Waals surface area contributed by atoms with E-state index in [1.54, 1.807) is 6.33 Å². The predicted octanol–water partition coefficient (Wildman–Crippen LogP) is 5.94. The third-order valence-corrected chi connectivity index (χ3v) is 7.93. The van der Waals surface area contributed by atoms with Gasteiger partial charge in [0.05, 0.1) is 12.2 Å². The second kappa shape index (κ2) is 7.95. The van der Waals surface area contributed by atoms with Gasteiger partial charge in [0, 0.05) is 35.5 Å². The summed E-state index contributed by atoms with van der Waals surface area (Å²) < 4.78 is 1.87. The Morgan fingerprint density at radius 1 is 1.21 bits per heavy atom. The summed E-state index contributed by atoms with van der Waals surface area (Å²) in [4.78, 5) is 14.5. The smallest absolute Gasteiger partial charge is 0.245 e. The van der Waals surface area contributed by atoms with E-state index in [4.69, 9.17) is 6.57 Å². The first-order valence-electron chi connectivity index (χ1n) is 12.5. The number of H-pyrrole nitrogens is 1. The van der Waals surface area contributed by atoms with Crippen LogP contribution in [0.15, 0.2) is 36.8 Å². The van der Waals surface area contributed by atoms with Crippen LogP contribution in [0.5, 0.6) is 0 Å². The lowest BCUT2D eigenvalue weighted by atomic mass is 9.87. The van der Waals surface area contributed by atoms with Crippen LogP contribution in [0.3, 0.4) is 0 Å². The van der Waals surface area contributed by atoms with Crippen molar-refractivity contribution in [2.45, 2.75) is 63.8 Å². The van der Waals surface area contributed by atoms with E-state index in [0.29, 0.717) is 11.8 Å². The zero-order chi connectivity index (χ0) is 23.4. The fraction of sp³-hybridized carbons (Fsp3) is 0.464. The van der Waals surface area contributed by atoms with Crippen molar-refractivity contribution in [2.75, 3.05) is 19.6 Å². The Kier molecular flexibility index (Phi) is 5.00. The molecule has 0 atom stereocenters. The number of rotatable bonds is 5. The first-order chi connectivity index (χ1) is 16.5. The maximum atomic E-state index is 7.49. The number of nitrogens with zero attached hydrogens (tertiary/aromatic N) is 5. The fourth-order valence-electron chi connectivity index (χ4n) is 5.83. The lowest BCUT2D eigenvalue weighted by Crippen LogP contribution is -2.38. The van der Waals surface area contributed by atoms with Gasteiger partial charge in [-0.05, 0) is 79.6 Å². The number of aryl methyl sites for hydroxylation is 1.